The van der Waals surface area contributed by atoms with Crippen molar-refractivity contribution in [3.05, 3.63) is 47.5 Å². The van der Waals surface area contributed by atoms with Crippen LogP contribution in [-0.4, -0.2) is 29.2 Å². The Hall–Kier alpha value is -2.53. The molecule has 0 spiro atoms. The molecule has 4 bridgehead atoms. The third-order valence-electron chi connectivity index (χ3n) is 4.41. The summed E-state index contributed by atoms with van der Waals surface area (Å²) < 4.78 is 11.2. The van der Waals surface area contributed by atoms with Gasteiger partial charge in [-0.2, -0.15) is 0 Å². The van der Waals surface area contributed by atoms with Crippen molar-refractivity contribution in [3.63, 3.8) is 0 Å². The Labute approximate surface area is 146 Å². The van der Waals surface area contributed by atoms with Gasteiger partial charge in [0.1, 0.15) is 6.10 Å². The van der Waals surface area contributed by atoms with E-state index in [4.69, 9.17) is 9.47 Å². The lowest BCUT2D eigenvalue weighted by atomic mass is 10.00. The van der Waals surface area contributed by atoms with Crippen LogP contribution in [0.15, 0.2) is 36.4 Å². The normalized spacial score (nSPS) is 18.2. The molecule has 2 N–H and O–H groups in total. The summed E-state index contributed by atoms with van der Waals surface area (Å²) in [4.78, 5) is 12.1. The van der Waals surface area contributed by atoms with E-state index in [1.54, 1.807) is 19.2 Å². The monoisotopic (exact) mass is 342 g/mol. The van der Waals surface area contributed by atoms with E-state index in [1.165, 1.54) is 6.07 Å². The lowest BCUT2D eigenvalue weighted by Crippen LogP contribution is -2.22. The van der Waals surface area contributed by atoms with Crippen molar-refractivity contribution in [1.29, 1.82) is 0 Å². The van der Waals surface area contributed by atoms with Crippen molar-refractivity contribution < 1.29 is 24.5 Å². The molecule has 4 rings (SSSR count). The van der Waals surface area contributed by atoms with Gasteiger partial charge in [-0.1, -0.05) is 12.1 Å². The number of fused-ring (bicyclic) bond motifs is 8. The number of ketones is 1. The molecule has 1 atom stereocenters. The first-order valence-electron chi connectivity index (χ1n) is 8.44. The third kappa shape index (κ3) is 4.12. The molecule has 2 aromatic carbocycles. The summed E-state index contributed by atoms with van der Waals surface area (Å²) in [5, 5.41) is 20.2. The summed E-state index contributed by atoms with van der Waals surface area (Å²) in [6.07, 6.45) is 1.93. The minimum Gasteiger partial charge on any atom is -0.504 e. The topological polar surface area (TPSA) is 76.0 Å². The van der Waals surface area contributed by atoms with Gasteiger partial charge in [0, 0.05) is 12.8 Å². The van der Waals surface area contributed by atoms with Gasteiger partial charge in [-0.3, -0.25) is 4.79 Å². The predicted octanol–water partition coefficient (Wildman–Crippen LogP) is 3.39. The Bertz CT molecular complexity index is 769. The number of aryl methyl sites for hydroxylation is 1. The van der Waals surface area contributed by atoms with Crippen LogP contribution in [0.1, 0.15) is 30.4 Å². The van der Waals surface area contributed by atoms with Crippen LogP contribution in [0.4, 0.5) is 0 Å². The zero-order valence-electron chi connectivity index (χ0n) is 14.2. The second kappa shape index (κ2) is 7.57. The SMILES string of the molecule is COc1cc2ccc1Oc1cc(ccc1O)C[C@@H](O)C(=O)CCCC2. The van der Waals surface area contributed by atoms with E-state index < -0.39 is 6.10 Å². The van der Waals surface area contributed by atoms with E-state index in [2.05, 4.69) is 0 Å². The smallest absolute Gasteiger partial charge is 0.169 e. The second-order valence-corrected chi connectivity index (χ2v) is 6.28. The molecule has 2 heterocycles. The van der Waals surface area contributed by atoms with Gasteiger partial charge in [-0.15, -0.1) is 0 Å². The Morgan fingerprint density at radius 2 is 1.80 bits per heavy atom. The third-order valence-corrected chi connectivity index (χ3v) is 4.41. The largest absolute Gasteiger partial charge is 0.504 e. The average Bonchev–Trinajstić information content (AvgIpc) is 2.62. The van der Waals surface area contributed by atoms with Crippen molar-refractivity contribution >= 4 is 5.78 Å². The fourth-order valence-corrected chi connectivity index (χ4v) is 2.97. The van der Waals surface area contributed by atoms with E-state index in [-0.39, 0.29) is 23.7 Å². The quantitative estimate of drug-likeness (QED) is 0.831. The van der Waals surface area contributed by atoms with Crippen LogP contribution in [0.25, 0.3) is 0 Å². The number of Topliss-reactive ketones (excluding diaryl/α,β-unsaturated/α-hetero) is 1. The number of benzene rings is 2. The van der Waals surface area contributed by atoms with Gasteiger partial charge in [0.25, 0.3) is 0 Å². The fraction of sp³-hybridized carbons (Fsp3) is 0.350. The minimum atomic E-state index is -1.04. The molecule has 0 amide bonds. The average molecular weight is 342 g/mol. The first-order valence-corrected chi connectivity index (χ1v) is 8.44. The number of ether oxygens (including phenoxy) is 2. The van der Waals surface area contributed by atoms with Crippen LogP contribution in [-0.2, 0) is 17.6 Å². The molecule has 25 heavy (non-hydrogen) atoms. The van der Waals surface area contributed by atoms with Crippen molar-refractivity contribution in [2.45, 2.75) is 38.2 Å². The Morgan fingerprint density at radius 3 is 2.60 bits per heavy atom. The molecule has 0 fully saturated rings. The van der Waals surface area contributed by atoms with E-state index in [0.29, 0.717) is 17.9 Å². The minimum absolute atomic E-state index is 0.0139. The number of phenolic OH excluding ortho intramolecular Hbond substituents is 1. The number of hydrogen-bond donors (Lipinski definition) is 2. The summed E-state index contributed by atoms with van der Waals surface area (Å²) in [6, 6.07) is 10.5. The van der Waals surface area contributed by atoms with Gasteiger partial charge in [-0.25, -0.2) is 0 Å². The fourth-order valence-electron chi connectivity index (χ4n) is 2.97. The standard InChI is InChI=1S/C20H22O5/c1-24-20-11-13-4-2-3-5-15(21)17(23)10-14-6-8-16(22)19(12-14)25-18(20)9-7-13/h6-9,11-12,17,22-23H,2-5,10H2,1H3/t17-/m1/s1. The molecule has 2 aliphatic rings. The van der Waals surface area contributed by atoms with Crippen LogP contribution in [0, 0.1) is 0 Å². The summed E-state index contributed by atoms with van der Waals surface area (Å²) in [5.74, 6) is 1.19. The number of phenols is 1. The summed E-state index contributed by atoms with van der Waals surface area (Å²) in [7, 11) is 1.57. The number of aliphatic hydroxyl groups is 1. The maximum Gasteiger partial charge on any atom is 0.169 e. The zero-order valence-corrected chi connectivity index (χ0v) is 14.2. The van der Waals surface area contributed by atoms with Crippen LogP contribution < -0.4 is 9.47 Å². The first kappa shape index (κ1) is 17.3. The number of aliphatic hydroxyl groups excluding tert-OH is 1. The number of hydrogen-bond acceptors (Lipinski definition) is 5. The number of methoxy groups -OCH3 is 1. The second-order valence-electron chi connectivity index (χ2n) is 6.28. The molecule has 0 aromatic heterocycles. The molecule has 0 unspecified atom stereocenters. The van der Waals surface area contributed by atoms with Gasteiger partial charge >= 0.3 is 0 Å². The van der Waals surface area contributed by atoms with Gasteiger partial charge in [0.15, 0.2) is 28.8 Å². The van der Waals surface area contributed by atoms with Crippen molar-refractivity contribution in [2.24, 2.45) is 0 Å². The van der Waals surface area contributed by atoms with Gasteiger partial charge in [0.2, 0.25) is 0 Å². The van der Waals surface area contributed by atoms with Crippen molar-refractivity contribution in [1.82, 2.24) is 0 Å². The van der Waals surface area contributed by atoms with E-state index in [0.717, 1.165) is 30.4 Å². The number of carbonyl (C=O) groups is 1. The Balaban J connectivity index is 1.99. The Morgan fingerprint density at radius 1 is 1.04 bits per heavy atom. The lowest BCUT2D eigenvalue weighted by molar-refractivity contribution is -0.127. The zero-order chi connectivity index (χ0) is 17.8. The highest BCUT2D eigenvalue weighted by Crippen LogP contribution is 2.37. The summed E-state index contributed by atoms with van der Waals surface area (Å²) >= 11 is 0. The molecule has 2 aromatic rings. The van der Waals surface area contributed by atoms with Crippen LogP contribution in [0.3, 0.4) is 0 Å². The van der Waals surface area contributed by atoms with Gasteiger partial charge in [-0.05, 0) is 54.7 Å². The van der Waals surface area contributed by atoms with Gasteiger partial charge in [0.05, 0.1) is 7.11 Å². The van der Waals surface area contributed by atoms with Crippen LogP contribution in [0.2, 0.25) is 0 Å². The molecular formula is C20H22O5. The van der Waals surface area contributed by atoms with E-state index in [9.17, 15) is 15.0 Å². The van der Waals surface area contributed by atoms with E-state index in [1.807, 2.05) is 18.2 Å². The van der Waals surface area contributed by atoms with Crippen LogP contribution in [0.5, 0.6) is 23.0 Å². The molecule has 0 aliphatic carbocycles. The molecule has 0 saturated heterocycles. The molecule has 0 radical (unpaired) electrons. The number of carbonyl (C=O) groups excluding carboxylic acids is 1. The maximum absolute atomic E-state index is 12.1. The van der Waals surface area contributed by atoms with Crippen LogP contribution >= 0.6 is 0 Å². The lowest BCUT2D eigenvalue weighted by Gasteiger charge is -2.14. The highest BCUT2D eigenvalue weighted by atomic mass is 16.5. The molecule has 5 nitrogen and oxygen atoms in total. The Kier molecular flexibility index (Phi) is 5.24. The molecule has 2 aliphatic heterocycles. The summed E-state index contributed by atoms with van der Waals surface area (Å²) in [5.41, 5.74) is 1.81. The highest BCUT2D eigenvalue weighted by Gasteiger charge is 2.18. The molecule has 5 heteroatoms. The summed E-state index contributed by atoms with van der Waals surface area (Å²) in [6.45, 7) is 0. The van der Waals surface area contributed by atoms with E-state index >= 15 is 0 Å². The molecule has 0 saturated carbocycles. The van der Waals surface area contributed by atoms with Gasteiger partial charge < -0.3 is 19.7 Å². The number of rotatable bonds is 1. The first-order chi connectivity index (χ1) is 12.1. The highest BCUT2D eigenvalue weighted by molar-refractivity contribution is 5.83. The van der Waals surface area contributed by atoms with Crippen molar-refractivity contribution in [3.8, 4) is 23.0 Å². The number of aromatic hydroxyl groups is 1. The van der Waals surface area contributed by atoms with Crippen molar-refractivity contribution in [2.75, 3.05) is 7.11 Å². The molecule has 132 valence electrons. The molecular weight excluding hydrogens is 320 g/mol. The predicted molar refractivity (Wildman–Crippen MR) is 93.4 cm³/mol. The maximum atomic E-state index is 12.1.